The third kappa shape index (κ3) is 12.1. The number of nitrogens with zero attached hydrogens (tertiary/aromatic N) is 1. The maximum Gasteiger partial charge on any atom is 0.420 e. The number of carbonyl (C=O) groups excluding carboxylic acids is 3. The lowest BCUT2D eigenvalue weighted by Gasteiger charge is -2.36. The molecule has 1 fully saturated rings. The summed E-state index contributed by atoms with van der Waals surface area (Å²) < 4.78 is 34.3. The Labute approximate surface area is 221 Å². The summed E-state index contributed by atoms with van der Waals surface area (Å²) in [5, 5.41) is 0. The largest absolute Gasteiger partial charge is 0.458 e. The first kappa shape index (κ1) is 32.6. The molecule has 0 unspecified atom stereocenters. The fourth-order valence-electron chi connectivity index (χ4n) is 3.30. The molecule has 10 heteroatoms. The van der Waals surface area contributed by atoms with Crippen molar-refractivity contribution >= 4 is 18.2 Å². The van der Waals surface area contributed by atoms with Crippen LogP contribution in [0.5, 0.6) is 0 Å². The van der Waals surface area contributed by atoms with Gasteiger partial charge in [-0.2, -0.15) is 4.90 Å². The Kier molecular flexibility index (Phi) is 12.3. The fraction of sp³-hybridized carbons (Fsp3) is 0.741. The Balaban J connectivity index is 3.32. The van der Waals surface area contributed by atoms with Crippen LogP contribution in [0.2, 0.25) is 0 Å². The monoisotopic (exact) mass is 527 g/mol. The van der Waals surface area contributed by atoms with E-state index in [1.807, 2.05) is 13.8 Å². The molecule has 1 aliphatic rings. The first-order valence-corrected chi connectivity index (χ1v) is 12.5. The molecule has 0 aromatic heterocycles. The quantitative estimate of drug-likeness (QED) is 0.262. The molecular weight excluding hydrogens is 482 g/mol. The van der Waals surface area contributed by atoms with Gasteiger partial charge in [0.2, 0.25) is 0 Å². The molecule has 0 spiro atoms. The molecule has 4 atom stereocenters. The Hall–Kier alpha value is -2.43. The topological polar surface area (TPSA) is 110 Å². The van der Waals surface area contributed by atoms with E-state index in [0.29, 0.717) is 17.9 Å². The third-order valence-electron chi connectivity index (χ3n) is 4.78. The lowest BCUT2D eigenvalue weighted by Crippen LogP contribution is -2.56. The zero-order valence-electron chi connectivity index (χ0n) is 23.9. The van der Waals surface area contributed by atoms with Gasteiger partial charge in [0.05, 0.1) is 25.9 Å². The molecular formula is C27H45NO9. The van der Waals surface area contributed by atoms with Crippen molar-refractivity contribution in [3.8, 4) is 0 Å². The number of ether oxygens (including phenoxy) is 6. The molecule has 0 N–H and O–H groups in total. The average Bonchev–Trinajstić information content (AvgIpc) is 2.69. The molecule has 0 aliphatic carbocycles. The molecule has 212 valence electrons. The van der Waals surface area contributed by atoms with Crippen LogP contribution in [0.1, 0.15) is 68.7 Å². The van der Waals surface area contributed by atoms with Crippen LogP contribution >= 0.6 is 0 Å². The second-order valence-electron chi connectivity index (χ2n) is 11.4. The van der Waals surface area contributed by atoms with Crippen molar-refractivity contribution in [1.29, 1.82) is 0 Å². The molecule has 1 saturated heterocycles. The van der Waals surface area contributed by atoms with Crippen molar-refractivity contribution in [1.82, 2.24) is 4.90 Å². The number of rotatable bonds is 7. The Morgan fingerprint density at radius 2 is 1.43 bits per heavy atom. The minimum atomic E-state index is -1.44. The summed E-state index contributed by atoms with van der Waals surface area (Å²) in [6.45, 7) is 23.3. The average molecular weight is 528 g/mol. The Morgan fingerprint density at radius 3 is 1.89 bits per heavy atom. The van der Waals surface area contributed by atoms with E-state index in [-0.39, 0.29) is 19.8 Å². The number of esters is 1. The molecule has 0 aromatic carbocycles. The SMILES string of the molecule is C=C(C)CO[C@H]1[C@H](C)OC(=O)[C@@H](N(C(=O)OC(C)(C)C)C(=O)OC(C)(C)C)COCC[C@@H]1OCC(=C)C. The highest BCUT2D eigenvalue weighted by atomic mass is 16.6. The minimum Gasteiger partial charge on any atom is -0.458 e. The van der Waals surface area contributed by atoms with Crippen LogP contribution in [0.15, 0.2) is 24.3 Å². The molecule has 1 rings (SSSR count). The lowest BCUT2D eigenvalue weighted by atomic mass is 10.0. The van der Waals surface area contributed by atoms with Crippen molar-refractivity contribution < 1.29 is 42.8 Å². The summed E-state index contributed by atoms with van der Waals surface area (Å²) in [5.74, 6) is -0.867. The van der Waals surface area contributed by atoms with Crippen molar-refractivity contribution in [3.63, 3.8) is 0 Å². The number of hydrogen-bond donors (Lipinski definition) is 0. The van der Waals surface area contributed by atoms with Gasteiger partial charge in [-0.15, -0.1) is 0 Å². The van der Waals surface area contributed by atoms with Gasteiger partial charge in [0.25, 0.3) is 0 Å². The molecule has 1 aliphatic heterocycles. The van der Waals surface area contributed by atoms with Crippen LogP contribution in [-0.2, 0) is 33.2 Å². The van der Waals surface area contributed by atoms with Crippen molar-refractivity contribution in [2.24, 2.45) is 0 Å². The van der Waals surface area contributed by atoms with E-state index in [9.17, 15) is 14.4 Å². The van der Waals surface area contributed by atoms with E-state index in [1.165, 1.54) is 0 Å². The van der Waals surface area contributed by atoms with E-state index >= 15 is 0 Å². The van der Waals surface area contributed by atoms with Gasteiger partial charge in [-0.25, -0.2) is 14.4 Å². The summed E-state index contributed by atoms with van der Waals surface area (Å²) >= 11 is 0. The van der Waals surface area contributed by atoms with Gasteiger partial charge in [-0.05, 0) is 68.7 Å². The zero-order chi connectivity index (χ0) is 28.6. The lowest BCUT2D eigenvalue weighted by molar-refractivity contribution is -0.177. The van der Waals surface area contributed by atoms with Crippen LogP contribution < -0.4 is 0 Å². The van der Waals surface area contributed by atoms with E-state index in [2.05, 4.69) is 13.2 Å². The van der Waals surface area contributed by atoms with Gasteiger partial charge in [0, 0.05) is 6.61 Å². The number of hydrogen-bond acceptors (Lipinski definition) is 9. The molecule has 0 saturated carbocycles. The van der Waals surface area contributed by atoms with E-state index in [0.717, 1.165) is 11.1 Å². The summed E-state index contributed by atoms with van der Waals surface area (Å²) in [7, 11) is 0. The van der Waals surface area contributed by atoms with Gasteiger partial charge in [0.1, 0.15) is 23.4 Å². The second kappa shape index (κ2) is 13.9. The number of carbonyl (C=O) groups is 3. The van der Waals surface area contributed by atoms with Crippen LogP contribution in [0.3, 0.4) is 0 Å². The zero-order valence-corrected chi connectivity index (χ0v) is 23.9. The summed E-state index contributed by atoms with van der Waals surface area (Å²) in [4.78, 5) is 40.2. The summed E-state index contributed by atoms with van der Waals surface area (Å²) in [5.41, 5.74) is -0.252. The van der Waals surface area contributed by atoms with Crippen LogP contribution in [-0.4, -0.2) is 85.0 Å². The van der Waals surface area contributed by atoms with Gasteiger partial charge >= 0.3 is 18.2 Å². The molecule has 37 heavy (non-hydrogen) atoms. The Bertz CT molecular complexity index is 797. The van der Waals surface area contributed by atoms with Gasteiger partial charge in [-0.1, -0.05) is 24.3 Å². The molecule has 0 radical (unpaired) electrons. The van der Waals surface area contributed by atoms with Crippen LogP contribution in [0.4, 0.5) is 9.59 Å². The van der Waals surface area contributed by atoms with Crippen molar-refractivity contribution in [2.45, 2.75) is 104 Å². The minimum absolute atomic E-state index is 0.167. The van der Waals surface area contributed by atoms with Crippen LogP contribution in [0.25, 0.3) is 0 Å². The van der Waals surface area contributed by atoms with Gasteiger partial charge in [0.15, 0.2) is 6.04 Å². The predicted octanol–water partition coefficient (Wildman–Crippen LogP) is 4.80. The van der Waals surface area contributed by atoms with Crippen molar-refractivity contribution in [3.05, 3.63) is 24.3 Å². The maximum absolute atomic E-state index is 13.4. The predicted molar refractivity (Wildman–Crippen MR) is 138 cm³/mol. The molecule has 0 bridgehead atoms. The first-order chi connectivity index (χ1) is 16.9. The van der Waals surface area contributed by atoms with E-state index in [4.69, 9.17) is 28.4 Å². The highest BCUT2D eigenvalue weighted by Gasteiger charge is 2.43. The van der Waals surface area contributed by atoms with Crippen LogP contribution in [0, 0.1) is 0 Å². The standard InChI is InChI=1S/C27H45NO9/c1-17(2)14-33-21-12-13-32-16-20(23(29)35-19(5)22(21)34-15-18(3)4)28(24(30)36-26(6,7)8)25(31)37-27(9,10)11/h19-22H,1,3,12-16H2,2,4-11H3/t19-,20-,21-,22-/m0/s1. The van der Waals surface area contributed by atoms with Crippen molar-refractivity contribution in [2.75, 3.05) is 26.4 Å². The normalized spacial score (nSPS) is 23.4. The second-order valence-corrected chi connectivity index (χ2v) is 11.4. The fourth-order valence-corrected chi connectivity index (χ4v) is 3.30. The smallest absolute Gasteiger partial charge is 0.420 e. The molecule has 0 aromatic rings. The van der Waals surface area contributed by atoms with Gasteiger partial charge < -0.3 is 28.4 Å². The number of amides is 2. The molecule has 10 nitrogen and oxygen atoms in total. The highest BCUT2D eigenvalue weighted by molar-refractivity contribution is 5.94. The molecule has 1 heterocycles. The summed E-state index contributed by atoms with van der Waals surface area (Å²) in [6.07, 6.45) is -3.62. The van der Waals surface area contributed by atoms with Gasteiger partial charge in [-0.3, -0.25) is 0 Å². The highest BCUT2D eigenvalue weighted by Crippen LogP contribution is 2.23. The van der Waals surface area contributed by atoms with E-state index in [1.54, 1.807) is 48.5 Å². The van der Waals surface area contributed by atoms with E-state index < -0.39 is 53.7 Å². The molecule has 2 amide bonds. The first-order valence-electron chi connectivity index (χ1n) is 12.5. The Morgan fingerprint density at radius 1 is 0.946 bits per heavy atom. The maximum atomic E-state index is 13.4. The number of cyclic esters (lactones) is 1. The summed E-state index contributed by atoms with van der Waals surface area (Å²) in [6, 6.07) is -1.44. The number of imide groups is 1. The third-order valence-corrected chi connectivity index (χ3v) is 4.78.